The van der Waals surface area contributed by atoms with Crippen LogP contribution in [0.3, 0.4) is 0 Å². The van der Waals surface area contributed by atoms with E-state index in [1.54, 1.807) is 6.07 Å². The van der Waals surface area contributed by atoms with Crippen molar-refractivity contribution >= 4 is 17.5 Å². The average molecular weight is 306 g/mol. The number of nitrogens with zero attached hydrogens (tertiary/aromatic N) is 2. The molecule has 1 aromatic carbocycles. The molecule has 0 aliphatic heterocycles. The Bertz CT molecular complexity index is 656. The van der Waals surface area contributed by atoms with Crippen molar-refractivity contribution in [1.29, 1.82) is 0 Å². The molecular weight excluding hydrogens is 290 g/mol. The molecule has 0 unspecified atom stereocenters. The van der Waals surface area contributed by atoms with E-state index in [2.05, 4.69) is 20.6 Å². The minimum Gasteiger partial charge on any atom is -0.395 e. The van der Waals surface area contributed by atoms with Crippen LogP contribution in [-0.2, 0) is 0 Å². The first-order valence-electron chi connectivity index (χ1n) is 7.12. The summed E-state index contributed by atoms with van der Waals surface area (Å²) in [4.78, 5) is 8.54. The van der Waals surface area contributed by atoms with Crippen LogP contribution in [0.25, 0.3) is 0 Å². The SMILES string of the molecule is OCCNc1nc(Nc2c(F)cccc2F)cc(C2CC2)n1. The highest BCUT2D eigenvalue weighted by atomic mass is 19.1. The highest BCUT2D eigenvalue weighted by Gasteiger charge is 2.26. The maximum absolute atomic E-state index is 13.7. The molecule has 1 aliphatic carbocycles. The summed E-state index contributed by atoms with van der Waals surface area (Å²) in [5.74, 6) is -0.351. The Morgan fingerprint density at radius 3 is 2.55 bits per heavy atom. The van der Waals surface area contributed by atoms with E-state index in [1.807, 2.05) is 0 Å². The summed E-state index contributed by atoms with van der Waals surface area (Å²) >= 11 is 0. The highest BCUT2D eigenvalue weighted by Crippen LogP contribution is 2.40. The molecule has 0 bridgehead atoms. The molecule has 1 heterocycles. The van der Waals surface area contributed by atoms with Crippen LogP contribution in [0.5, 0.6) is 0 Å². The second kappa shape index (κ2) is 6.23. The molecule has 0 saturated heterocycles. The molecule has 0 spiro atoms. The molecule has 7 heteroatoms. The van der Waals surface area contributed by atoms with E-state index in [0.29, 0.717) is 24.2 Å². The van der Waals surface area contributed by atoms with E-state index in [0.717, 1.165) is 18.5 Å². The van der Waals surface area contributed by atoms with E-state index in [-0.39, 0.29) is 12.3 Å². The summed E-state index contributed by atoms with van der Waals surface area (Å²) in [5, 5.41) is 14.4. The topological polar surface area (TPSA) is 70.1 Å². The highest BCUT2D eigenvalue weighted by molar-refractivity contribution is 5.59. The predicted octanol–water partition coefficient (Wildman–Crippen LogP) is 2.78. The second-order valence-corrected chi connectivity index (χ2v) is 5.15. The Balaban J connectivity index is 1.90. The van der Waals surface area contributed by atoms with Gasteiger partial charge in [-0.25, -0.2) is 13.8 Å². The Hall–Kier alpha value is -2.28. The second-order valence-electron chi connectivity index (χ2n) is 5.15. The van der Waals surface area contributed by atoms with Crippen molar-refractivity contribution < 1.29 is 13.9 Å². The number of hydrogen-bond acceptors (Lipinski definition) is 5. The fourth-order valence-corrected chi connectivity index (χ4v) is 2.11. The molecule has 0 amide bonds. The van der Waals surface area contributed by atoms with Crippen molar-refractivity contribution in [3.63, 3.8) is 0 Å². The number of rotatable bonds is 6. The van der Waals surface area contributed by atoms with Crippen molar-refractivity contribution in [1.82, 2.24) is 9.97 Å². The molecule has 22 heavy (non-hydrogen) atoms. The summed E-state index contributed by atoms with van der Waals surface area (Å²) in [5.41, 5.74) is 0.589. The third kappa shape index (κ3) is 3.30. The number of anilines is 3. The number of para-hydroxylation sites is 1. The van der Waals surface area contributed by atoms with Gasteiger partial charge in [-0.05, 0) is 25.0 Å². The fraction of sp³-hybridized carbons (Fsp3) is 0.333. The van der Waals surface area contributed by atoms with Crippen LogP contribution >= 0.6 is 0 Å². The summed E-state index contributed by atoms with van der Waals surface area (Å²) in [7, 11) is 0. The zero-order valence-electron chi connectivity index (χ0n) is 11.8. The van der Waals surface area contributed by atoms with Crippen molar-refractivity contribution in [3.05, 3.63) is 41.6 Å². The monoisotopic (exact) mass is 306 g/mol. The fourth-order valence-electron chi connectivity index (χ4n) is 2.11. The van der Waals surface area contributed by atoms with Gasteiger partial charge in [-0.1, -0.05) is 6.07 Å². The normalized spacial score (nSPS) is 14.0. The summed E-state index contributed by atoms with van der Waals surface area (Å²) in [6, 6.07) is 5.37. The van der Waals surface area contributed by atoms with Gasteiger partial charge in [0.25, 0.3) is 0 Å². The largest absolute Gasteiger partial charge is 0.395 e. The smallest absolute Gasteiger partial charge is 0.224 e. The molecule has 1 aliphatic rings. The van der Waals surface area contributed by atoms with Gasteiger partial charge in [-0.15, -0.1) is 0 Å². The summed E-state index contributed by atoms with van der Waals surface area (Å²) in [6.45, 7) is 0.253. The number of benzene rings is 1. The molecule has 3 rings (SSSR count). The van der Waals surface area contributed by atoms with Crippen LogP contribution in [0.2, 0.25) is 0 Å². The lowest BCUT2D eigenvalue weighted by Crippen LogP contribution is -2.11. The lowest BCUT2D eigenvalue weighted by molar-refractivity contribution is 0.311. The van der Waals surface area contributed by atoms with E-state index in [9.17, 15) is 8.78 Å². The lowest BCUT2D eigenvalue weighted by Gasteiger charge is -2.11. The first-order valence-corrected chi connectivity index (χ1v) is 7.12. The van der Waals surface area contributed by atoms with Gasteiger partial charge in [0.15, 0.2) is 0 Å². The van der Waals surface area contributed by atoms with Gasteiger partial charge in [0.05, 0.1) is 12.3 Å². The summed E-state index contributed by atoms with van der Waals surface area (Å²) in [6.07, 6.45) is 2.09. The Morgan fingerprint density at radius 2 is 1.91 bits per heavy atom. The minimum absolute atomic E-state index is 0.0538. The number of aliphatic hydroxyl groups excluding tert-OH is 1. The standard InChI is InChI=1S/C15H16F2N4O/c16-10-2-1-3-11(17)14(10)20-13-8-12(9-4-5-9)19-15(21-13)18-6-7-22/h1-3,8-9,22H,4-7H2,(H2,18,19,20,21). The first kappa shape index (κ1) is 14.6. The van der Waals surface area contributed by atoms with E-state index in [1.165, 1.54) is 18.2 Å². The van der Waals surface area contributed by atoms with Gasteiger partial charge in [-0.2, -0.15) is 4.98 Å². The number of nitrogens with one attached hydrogen (secondary N) is 2. The number of aromatic nitrogens is 2. The molecule has 0 radical (unpaired) electrons. The molecule has 2 aromatic rings. The molecule has 5 nitrogen and oxygen atoms in total. The number of aliphatic hydroxyl groups is 1. The number of hydrogen-bond donors (Lipinski definition) is 3. The zero-order chi connectivity index (χ0) is 15.5. The van der Waals surface area contributed by atoms with Gasteiger partial charge >= 0.3 is 0 Å². The Kier molecular flexibility index (Phi) is 4.15. The Morgan fingerprint density at radius 1 is 1.18 bits per heavy atom. The molecular formula is C15H16F2N4O. The maximum Gasteiger partial charge on any atom is 0.224 e. The predicted molar refractivity (Wildman–Crippen MR) is 79.2 cm³/mol. The van der Waals surface area contributed by atoms with Crippen LogP contribution in [0.4, 0.5) is 26.2 Å². The molecule has 3 N–H and O–H groups in total. The maximum atomic E-state index is 13.7. The van der Waals surface area contributed by atoms with E-state index < -0.39 is 11.6 Å². The van der Waals surface area contributed by atoms with Crippen molar-refractivity contribution in [2.24, 2.45) is 0 Å². The zero-order valence-corrected chi connectivity index (χ0v) is 11.8. The first-order chi connectivity index (χ1) is 10.7. The van der Waals surface area contributed by atoms with E-state index >= 15 is 0 Å². The molecule has 1 aromatic heterocycles. The minimum atomic E-state index is -0.684. The van der Waals surface area contributed by atoms with Crippen molar-refractivity contribution in [2.75, 3.05) is 23.8 Å². The van der Waals surface area contributed by atoms with Crippen molar-refractivity contribution in [2.45, 2.75) is 18.8 Å². The molecule has 1 saturated carbocycles. The van der Waals surface area contributed by atoms with Crippen LogP contribution < -0.4 is 10.6 Å². The number of halogens is 2. The van der Waals surface area contributed by atoms with Crippen LogP contribution in [0.1, 0.15) is 24.5 Å². The van der Waals surface area contributed by atoms with Crippen LogP contribution in [0, 0.1) is 11.6 Å². The van der Waals surface area contributed by atoms with Gasteiger partial charge in [0.2, 0.25) is 5.95 Å². The van der Waals surface area contributed by atoms with Gasteiger partial charge < -0.3 is 15.7 Å². The quantitative estimate of drug-likeness (QED) is 0.765. The summed E-state index contributed by atoms with van der Waals surface area (Å²) < 4.78 is 27.4. The van der Waals surface area contributed by atoms with Gasteiger partial charge in [0.1, 0.15) is 23.1 Å². The van der Waals surface area contributed by atoms with Gasteiger partial charge in [0, 0.05) is 18.5 Å². The molecule has 0 atom stereocenters. The average Bonchev–Trinajstić information content (AvgIpc) is 3.34. The third-order valence-electron chi connectivity index (χ3n) is 3.35. The molecule has 1 fully saturated rings. The van der Waals surface area contributed by atoms with E-state index in [4.69, 9.17) is 5.11 Å². The van der Waals surface area contributed by atoms with Crippen LogP contribution in [-0.4, -0.2) is 28.2 Å². The van der Waals surface area contributed by atoms with Gasteiger partial charge in [-0.3, -0.25) is 0 Å². The van der Waals surface area contributed by atoms with Crippen LogP contribution in [0.15, 0.2) is 24.3 Å². The Labute approximate surface area is 126 Å². The molecule has 116 valence electrons. The lowest BCUT2D eigenvalue weighted by atomic mass is 10.2. The third-order valence-corrected chi connectivity index (χ3v) is 3.35. The van der Waals surface area contributed by atoms with Crippen molar-refractivity contribution in [3.8, 4) is 0 Å².